The maximum absolute atomic E-state index is 11.8. The molecule has 0 aliphatic rings. The first-order valence-corrected chi connectivity index (χ1v) is 7.39. The van der Waals surface area contributed by atoms with Gasteiger partial charge in [0.15, 0.2) is 10.3 Å². The van der Waals surface area contributed by atoms with Crippen LogP contribution in [0.4, 0.5) is 5.69 Å². The third-order valence-electron chi connectivity index (χ3n) is 2.61. The zero-order valence-electron chi connectivity index (χ0n) is 11.1. The van der Waals surface area contributed by atoms with Gasteiger partial charge in [0.25, 0.3) is 0 Å². The van der Waals surface area contributed by atoms with E-state index in [2.05, 4.69) is 20.5 Å². The fourth-order valence-electron chi connectivity index (χ4n) is 1.57. The zero-order valence-corrected chi connectivity index (χ0v) is 12.7. The van der Waals surface area contributed by atoms with Crippen molar-refractivity contribution in [1.29, 1.82) is 0 Å². The summed E-state index contributed by atoms with van der Waals surface area (Å²) in [6, 6.07) is 3.42. The molecule has 6 nitrogen and oxygen atoms in total. The van der Waals surface area contributed by atoms with E-state index in [0.29, 0.717) is 10.8 Å². The molecule has 0 saturated carbocycles. The van der Waals surface area contributed by atoms with Gasteiger partial charge in [0, 0.05) is 19.7 Å². The van der Waals surface area contributed by atoms with E-state index in [1.165, 1.54) is 11.8 Å². The smallest absolute Gasteiger partial charge is 0.234 e. The number of amides is 1. The highest BCUT2D eigenvalue weighted by molar-refractivity contribution is 7.99. The molecule has 106 valence electrons. The molecule has 2 heterocycles. The van der Waals surface area contributed by atoms with E-state index in [1.807, 2.05) is 18.5 Å². The SMILES string of the molecule is CCc1nnc(SCC(=O)Nc2cccnc2Cl)n1C. The molecular weight excluding hydrogens is 298 g/mol. The summed E-state index contributed by atoms with van der Waals surface area (Å²) < 4.78 is 1.88. The predicted molar refractivity (Wildman–Crippen MR) is 79.0 cm³/mol. The average molecular weight is 312 g/mol. The summed E-state index contributed by atoms with van der Waals surface area (Å²) in [7, 11) is 1.89. The lowest BCUT2D eigenvalue weighted by Gasteiger charge is -2.06. The van der Waals surface area contributed by atoms with E-state index >= 15 is 0 Å². The summed E-state index contributed by atoms with van der Waals surface area (Å²) in [5.41, 5.74) is 0.506. The van der Waals surface area contributed by atoms with Gasteiger partial charge in [0.2, 0.25) is 5.91 Å². The monoisotopic (exact) mass is 311 g/mol. The van der Waals surface area contributed by atoms with Crippen LogP contribution >= 0.6 is 23.4 Å². The number of aromatic nitrogens is 4. The molecule has 0 aromatic carbocycles. The molecule has 0 radical (unpaired) electrons. The van der Waals surface area contributed by atoms with Crippen LogP contribution in [0, 0.1) is 0 Å². The van der Waals surface area contributed by atoms with Crippen LogP contribution in [0.3, 0.4) is 0 Å². The van der Waals surface area contributed by atoms with Gasteiger partial charge >= 0.3 is 0 Å². The van der Waals surface area contributed by atoms with E-state index in [0.717, 1.165) is 12.2 Å². The lowest BCUT2D eigenvalue weighted by molar-refractivity contribution is -0.113. The number of halogens is 1. The van der Waals surface area contributed by atoms with E-state index in [-0.39, 0.29) is 16.8 Å². The maximum atomic E-state index is 11.8. The van der Waals surface area contributed by atoms with Crippen molar-refractivity contribution in [1.82, 2.24) is 19.7 Å². The van der Waals surface area contributed by atoms with Crippen LogP contribution in [-0.4, -0.2) is 31.4 Å². The summed E-state index contributed by atoms with van der Waals surface area (Å²) >= 11 is 7.20. The molecule has 20 heavy (non-hydrogen) atoms. The van der Waals surface area contributed by atoms with Gasteiger partial charge in [-0.05, 0) is 12.1 Å². The first kappa shape index (κ1) is 14.8. The molecular formula is C12H14ClN5OS. The Morgan fingerprint density at radius 1 is 1.50 bits per heavy atom. The number of hydrogen-bond donors (Lipinski definition) is 1. The quantitative estimate of drug-likeness (QED) is 0.676. The Labute approximate surface area is 125 Å². The van der Waals surface area contributed by atoms with Crippen LogP contribution in [0.25, 0.3) is 0 Å². The topological polar surface area (TPSA) is 72.7 Å². The molecule has 0 fully saturated rings. The van der Waals surface area contributed by atoms with Gasteiger partial charge in [0.1, 0.15) is 5.82 Å². The molecule has 8 heteroatoms. The number of thioether (sulfide) groups is 1. The van der Waals surface area contributed by atoms with Crippen molar-refractivity contribution >= 4 is 35.0 Å². The largest absolute Gasteiger partial charge is 0.323 e. The molecule has 2 aromatic rings. The van der Waals surface area contributed by atoms with E-state index in [9.17, 15) is 4.79 Å². The molecule has 1 amide bonds. The Bertz CT molecular complexity index is 616. The maximum Gasteiger partial charge on any atom is 0.234 e. The predicted octanol–water partition coefficient (Wildman–Crippen LogP) is 2.16. The van der Waals surface area contributed by atoms with Gasteiger partial charge in [-0.3, -0.25) is 4.79 Å². The molecule has 0 unspecified atom stereocenters. The molecule has 2 aromatic heterocycles. The van der Waals surface area contributed by atoms with Gasteiger partial charge in [-0.25, -0.2) is 4.98 Å². The second kappa shape index (κ2) is 6.71. The molecule has 0 aliphatic carbocycles. The second-order valence-electron chi connectivity index (χ2n) is 3.99. The normalized spacial score (nSPS) is 10.6. The van der Waals surface area contributed by atoms with Gasteiger partial charge in [0.05, 0.1) is 11.4 Å². The van der Waals surface area contributed by atoms with Gasteiger partial charge in [-0.2, -0.15) is 0 Å². The number of rotatable bonds is 5. The standard InChI is InChI=1S/C12H14ClN5OS/c1-3-9-16-17-12(18(9)2)20-7-10(19)15-8-5-4-6-14-11(8)13/h4-6H,3,7H2,1-2H3,(H,15,19). The Balaban J connectivity index is 1.92. The van der Waals surface area contributed by atoms with E-state index in [1.54, 1.807) is 18.3 Å². The fourth-order valence-corrected chi connectivity index (χ4v) is 2.47. The fraction of sp³-hybridized carbons (Fsp3) is 0.333. The van der Waals surface area contributed by atoms with Crippen molar-refractivity contribution in [3.63, 3.8) is 0 Å². The number of anilines is 1. The molecule has 0 aliphatic heterocycles. The Morgan fingerprint density at radius 2 is 2.30 bits per heavy atom. The summed E-state index contributed by atoms with van der Waals surface area (Å²) in [5.74, 6) is 0.968. The van der Waals surface area contributed by atoms with Crippen LogP contribution < -0.4 is 5.32 Å². The van der Waals surface area contributed by atoms with Crippen LogP contribution in [0.1, 0.15) is 12.7 Å². The molecule has 1 N–H and O–H groups in total. The second-order valence-corrected chi connectivity index (χ2v) is 5.29. The Hall–Kier alpha value is -1.60. The van der Waals surface area contributed by atoms with Crippen LogP contribution in [0.15, 0.2) is 23.5 Å². The van der Waals surface area contributed by atoms with Crippen molar-refractivity contribution in [2.75, 3.05) is 11.1 Å². The van der Waals surface area contributed by atoms with E-state index in [4.69, 9.17) is 11.6 Å². The minimum Gasteiger partial charge on any atom is -0.323 e. The Morgan fingerprint density at radius 3 is 2.95 bits per heavy atom. The molecule has 0 spiro atoms. The summed E-state index contributed by atoms with van der Waals surface area (Å²) in [6.07, 6.45) is 2.38. The Kier molecular flexibility index (Phi) is 4.97. The third-order valence-corrected chi connectivity index (χ3v) is 3.93. The van der Waals surface area contributed by atoms with Crippen molar-refractivity contribution in [2.24, 2.45) is 7.05 Å². The molecule has 0 bridgehead atoms. The average Bonchev–Trinajstić information content (AvgIpc) is 2.79. The van der Waals surface area contributed by atoms with Gasteiger partial charge in [-0.15, -0.1) is 10.2 Å². The van der Waals surface area contributed by atoms with Crippen LogP contribution in [0.5, 0.6) is 0 Å². The van der Waals surface area contributed by atoms with Crippen molar-refractivity contribution in [3.8, 4) is 0 Å². The number of nitrogens with one attached hydrogen (secondary N) is 1. The highest BCUT2D eigenvalue weighted by Gasteiger charge is 2.11. The van der Waals surface area contributed by atoms with E-state index < -0.39 is 0 Å². The lowest BCUT2D eigenvalue weighted by atomic mass is 10.4. The minimum atomic E-state index is -0.161. The summed E-state index contributed by atoms with van der Waals surface area (Å²) in [4.78, 5) is 15.7. The minimum absolute atomic E-state index is 0.161. The van der Waals surface area contributed by atoms with Crippen LogP contribution in [-0.2, 0) is 18.3 Å². The molecule has 2 rings (SSSR count). The number of carbonyl (C=O) groups excluding carboxylic acids is 1. The number of nitrogens with zero attached hydrogens (tertiary/aromatic N) is 4. The number of aryl methyl sites for hydroxylation is 1. The zero-order chi connectivity index (χ0) is 14.5. The molecule has 0 saturated heterocycles. The highest BCUT2D eigenvalue weighted by Crippen LogP contribution is 2.19. The van der Waals surface area contributed by atoms with Crippen molar-refractivity contribution in [2.45, 2.75) is 18.5 Å². The first-order valence-electron chi connectivity index (χ1n) is 6.03. The first-order chi connectivity index (χ1) is 9.61. The number of hydrogen-bond acceptors (Lipinski definition) is 5. The third kappa shape index (κ3) is 3.49. The van der Waals surface area contributed by atoms with Crippen LogP contribution in [0.2, 0.25) is 5.15 Å². The summed E-state index contributed by atoms with van der Waals surface area (Å²) in [5, 5.41) is 11.8. The van der Waals surface area contributed by atoms with Gasteiger partial charge in [-0.1, -0.05) is 30.3 Å². The van der Waals surface area contributed by atoms with Crippen molar-refractivity contribution < 1.29 is 4.79 Å². The highest BCUT2D eigenvalue weighted by atomic mass is 35.5. The van der Waals surface area contributed by atoms with Crippen molar-refractivity contribution in [3.05, 3.63) is 29.3 Å². The summed E-state index contributed by atoms with van der Waals surface area (Å²) in [6.45, 7) is 2.01. The lowest BCUT2D eigenvalue weighted by Crippen LogP contribution is -2.15. The number of carbonyl (C=O) groups is 1. The number of pyridine rings is 1. The van der Waals surface area contributed by atoms with Gasteiger partial charge < -0.3 is 9.88 Å². The molecule has 0 atom stereocenters.